The number of hydrogen-bond donors (Lipinski definition) is 2. The van der Waals surface area contributed by atoms with Gasteiger partial charge in [0, 0.05) is 11.1 Å². The van der Waals surface area contributed by atoms with Crippen LogP contribution < -0.4 is 5.32 Å². The Balaban J connectivity index is 2.13. The van der Waals surface area contributed by atoms with E-state index in [4.69, 9.17) is 5.11 Å². The molecule has 0 saturated heterocycles. The molecular formula is C13H14N2O2S. The summed E-state index contributed by atoms with van der Waals surface area (Å²) in [4.78, 5) is 15.3. The zero-order valence-corrected chi connectivity index (χ0v) is 11.0. The van der Waals surface area contributed by atoms with Crippen molar-refractivity contribution < 1.29 is 9.90 Å². The molecule has 0 aliphatic carbocycles. The maximum absolute atomic E-state index is 10.9. The zero-order chi connectivity index (χ0) is 13.1. The molecule has 2 N–H and O–H groups in total. The number of thiazole rings is 1. The highest BCUT2D eigenvalue weighted by Gasteiger charge is 2.06. The van der Waals surface area contributed by atoms with Crippen LogP contribution in [0.1, 0.15) is 26.6 Å². The third kappa shape index (κ3) is 2.87. The molecule has 0 aliphatic rings. The molecule has 0 spiro atoms. The Labute approximate surface area is 109 Å². The smallest absolute Gasteiger partial charge is 0.335 e. The summed E-state index contributed by atoms with van der Waals surface area (Å²) in [7, 11) is 0. The van der Waals surface area contributed by atoms with Crippen LogP contribution in [0.2, 0.25) is 0 Å². The fraction of sp³-hybridized carbons (Fsp3) is 0.231. The average Bonchev–Trinajstić information content (AvgIpc) is 2.74. The number of hydrogen-bond acceptors (Lipinski definition) is 4. The first-order valence-electron chi connectivity index (χ1n) is 5.55. The minimum Gasteiger partial charge on any atom is -0.478 e. The molecule has 5 heteroatoms. The average molecular weight is 262 g/mol. The lowest BCUT2D eigenvalue weighted by Gasteiger charge is -2.09. The number of rotatable bonds is 4. The van der Waals surface area contributed by atoms with Crippen molar-refractivity contribution in [2.75, 3.05) is 5.32 Å². The molecule has 0 amide bonds. The fourth-order valence-electron chi connectivity index (χ4n) is 1.62. The molecule has 0 unspecified atom stereocenters. The van der Waals surface area contributed by atoms with E-state index in [1.807, 2.05) is 19.2 Å². The third-order valence-electron chi connectivity index (χ3n) is 2.61. The van der Waals surface area contributed by atoms with Crippen molar-refractivity contribution in [3.63, 3.8) is 0 Å². The Kier molecular flexibility index (Phi) is 3.62. The van der Waals surface area contributed by atoms with Gasteiger partial charge in [-0.2, -0.15) is 0 Å². The standard InChI is InChI=1S/C13H14N2O2S/c1-8-3-4-10(13(16)17)5-12(8)14-6-11-7-18-9(2)15-11/h3-5,7,14H,6H2,1-2H3,(H,16,17). The first-order chi connectivity index (χ1) is 8.56. The molecule has 0 fully saturated rings. The molecule has 0 aliphatic heterocycles. The van der Waals surface area contributed by atoms with Crippen molar-refractivity contribution in [2.24, 2.45) is 0 Å². The van der Waals surface area contributed by atoms with Gasteiger partial charge in [-0.1, -0.05) is 6.07 Å². The van der Waals surface area contributed by atoms with Gasteiger partial charge in [0.2, 0.25) is 0 Å². The molecule has 1 aromatic heterocycles. The Bertz CT molecular complexity index is 578. The molecule has 2 aromatic rings. The number of aromatic carboxylic acids is 1. The number of nitrogens with zero attached hydrogens (tertiary/aromatic N) is 1. The van der Waals surface area contributed by atoms with Gasteiger partial charge in [-0.15, -0.1) is 11.3 Å². The van der Waals surface area contributed by atoms with Gasteiger partial charge in [0.15, 0.2) is 0 Å². The lowest BCUT2D eigenvalue weighted by Crippen LogP contribution is -2.04. The van der Waals surface area contributed by atoms with Crippen LogP contribution in [0.5, 0.6) is 0 Å². The number of anilines is 1. The van der Waals surface area contributed by atoms with Crippen molar-refractivity contribution in [2.45, 2.75) is 20.4 Å². The summed E-state index contributed by atoms with van der Waals surface area (Å²) in [5.74, 6) is -0.914. The van der Waals surface area contributed by atoms with Crippen LogP contribution in [0, 0.1) is 13.8 Å². The molecule has 18 heavy (non-hydrogen) atoms. The predicted octanol–water partition coefficient (Wildman–Crippen LogP) is 3.07. The third-order valence-corrected chi connectivity index (χ3v) is 3.43. The molecular weight excluding hydrogens is 248 g/mol. The Hall–Kier alpha value is -1.88. The van der Waals surface area contributed by atoms with Crippen molar-refractivity contribution in [3.8, 4) is 0 Å². The molecule has 0 radical (unpaired) electrons. The number of aromatic nitrogens is 1. The second-order valence-corrected chi connectivity index (χ2v) is 5.11. The van der Waals surface area contributed by atoms with Gasteiger partial charge in [-0.25, -0.2) is 9.78 Å². The van der Waals surface area contributed by atoms with E-state index < -0.39 is 5.97 Å². The molecule has 0 saturated carbocycles. The van der Waals surface area contributed by atoms with Crippen molar-refractivity contribution >= 4 is 23.0 Å². The van der Waals surface area contributed by atoms with E-state index in [9.17, 15) is 4.79 Å². The molecule has 0 bridgehead atoms. The van der Waals surface area contributed by atoms with Crippen molar-refractivity contribution in [1.29, 1.82) is 0 Å². The minimum atomic E-state index is -0.914. The summed E-state index contributed by atoms with van der Waals surface area (Å²) in [5, 5.41) is 15.2. The number of carboxylic acids is 1. The first kappa shape index (κ1) is 12.6. The minimum absolute atomic E-state index is 0.289. The van der Waals surface area contributed by atoms with Gasteiger partial charge in [-0.05, 0) is 31.5 Å². The first-order valence-corrected chi connectivity index (χ1v) is 6.43. The molecule has 1 heterocycles. The fourth-order valence-corrected chi connectivity index (χ4v) is 2.23. The summed E-state index contributed by atoms with van der Waals surface area (Å²) < 4.78 is 0. The predicted molar refractivity (Wildman–Crippen MR) is 72.3 cm³/mol. The van der Waals surface area contributed by atoms with Crippen LogP contribution in [-0.2, 0) is 6.54 Å². The van der Waals surface area contributed by atoms with Crippen LogP contribution in [0.4, 0.5) is 5.69 Å². The molecule has 0 atom stereocenters. The number of nitrogens with one attached hydrogen (secondary N) is 1. The van der Waals surface area contributed by atoms with Crippen LogP contribution in [-0.4, -0.2) is 16.1 Å². The second-order valence-electron chi connectivity index (χ2n) is 4.05. The molecule has 4 nitrogen and oxygen atoms in total. The summed E-state index contributed by atoms with van der Waals surface area (Å²) >= 11 is 1.61. The van der Waals surface area contributed by atoms with E-state index in [0.717, 1.165) is 22.0 Å². The van der Waals surface area contributed by atoms with E-state index >= 15 is 0 Å². The largest absolute Gasteiger partial charge is 0.478 e. The van der Waals surface area contributed by atoms with E-state index in [1.165, 1.54) is 0 Å². The molecule has 1 aromatic carbocycles. The van der Waals surface area contributed by atoms with E-state index in [-0.39, 0.29) is 5.56 Å². The van der Waals surface area contributed by atoms with Crippen LogP contribution in [0.3, 0.4) is 0 Å². The highest BCUT2D eigenvalue weighted by Crippen LogP contribution is 2.18. The van der Waals surface area contributed by atoms with Crippen LogP contribution in [0.25, 0.3) is 0 Å². The van der Waals surface area contributed by atoms with Gasteiger partial charge in [0.05, 0.1) is 22.8 Å². The number of carboxylic acid groups (broad SMARTS) is 1. The maximum atomic E-state index is 10.9. The SMILES string of the molecule is Cc1nc(CNc2cc(C(=O)O)ccc2C)cs1. The Morgan fingerprint density at radius 2 is 2.22 bits per heavy atom. The van der Waals surface area contributed by atoms with E-state index in [0.29, 0.717) is 6.54 Å². The molecule has 2 rings (SSSR count). The molecule has 94 valence electrons. The number of benzene rings is 1. The summed E-state index contributed by atoms with van der Waals surface area (Å²) in [6.07, 6.45) is 0. The van der Waals surface area contributed by atoms with Crippen molar-refractivity contribution in [1.82, 2.24) is 4.98 Å². The summed E-state index contributed by atoms with van der Waals surface area (Å²) in [6.45, 7) is 4.51. The van der Waals surface area contributed by atoms with Gasteiger partial charge in [0.25, 0.3) is 0 Å². The van der Waals surface area contributed by atoms with Crippen LogP contribution in [0.15, 0.2) is 23.6 Å². The number of carbonyl (C=O) groups is 1. The Morgan fingerprint density at radius 3 is 2.83 bits per heavy atom. The van der Waals surface area contributed by atoms with Gasteiger partial charge in [0.1, 0.15) is 0 Å². The highest BCUT2D eigenvalue weighted by atomic mass is 32.1. The summed E-state index contributed by atoms with van der Waals surface area (Å²) in [6, 6.07) is 5.06. The summed E-state index contributed by atoms with van der Waals surface area (Å²) in [5.41, 5.74) is 3.11. The lowest BCUT2D eigenvalue weighted by atomic mass is 10.1. The normalized spacial score (nSPS) is 10.3. The Morgan fingerprint density at radius 1 is 1.44 bits per heavy atom. The zero-order valence-electron chi connectivity index (χ0n) is 10.2. The van der Waals surface area contributed by atoms with E-state index in [2.05, 4.69) is 10.3 Å². The van der Waals surface area contributed by atoms with Gasteiger partial charge >= 0.3 is 5.97 Å². The highest BCUT2D eigenvalue weighted by molar-refractivity contribution is 7.09. The van der Waals surface area contributed by atoms with Crippen LogP contribution >= 0.6 is 11.3 Å². The maximum Gasteiger partial charge on any atom is 0.335 e. The van der Waals surface area contributed by atoms with Crippen molar-refractivity contribution in [3.05, 3.63) is 45.4 Å². The lowest BCUT2D eigenvalue weighted by molar-refractivity contribution is 0.0697. The number of aryl methyl sites for hydroxylation is 2. The quantitative estimate of drug-likeness (QED) is 0.889. The second kappa shape index (κ2) is 5.18. The van der Waals surface area contributed by atoms with Gasteiger partial charge in [-0.3, -0.25) is 0 Å². The van der Waals surface area contributed by atoms with Gasteiger partial charge < -0.3 is 10.4 Å². The topological polar surface area (TPSA) is 62.2 Å². The monoisotopic (exact) mass is 262 g/mol. The van der Waals surface area contributed by atoms with E-state index in [1.54, 1.807) is 29.5 Å².